The summed E-state index contributed by atoms with van der Waals surface area (Å²) in [6, 6.07) is 3.94. The van der Waals surface area contributed by atoms with Crippen LogP contribution < -0.4 is 5.32 Å². The van der Waals surface area contributed by atoms with E-state index in [9.17, 15) is 10.4 Å². The average Bonchev–Trinajstić information content (AvgIpc) is 3.07. The molecule has 0 spiro atoms. The Balaban J connectivity index is 2.09. The first-order valence-corrected chi connectivity index (χ1v) is 9.19. The van der Waals surface area contributed by atoms with Crippen molar-refractivity contribution in [3.05, 3.63) is 17.5 Å². The molecule has 2 aromatic rings. The van der Waals surface area contributed by atoms with Gasteiger partial charge in [-0.1, -0.05) is 18.5 Å². The number of anilines is 1. The minimum Gasteiger partial charge on any atom is -0.383 e. The van der Waals surface area contributed by atoms with Crippen molar-refractivity contribution < 1.29 is 9.84 Å². The SMILES string of the molecule is CCNc1cc(Cl)nc2c1ncn2C1[C@@H](C)C(C#N)C[C@H]1OC(C)(C)O. The van der Waals surface area contributed by atoms with Crippen molar-refractivity contribution in [1.29, 1.82) is 5.26 Å². The predicted octanol–water partition coefficient (Wildman–Crippen LogP) is 3.35. The van der Waals surface area contributed by atoms with Gasteiger partial charge in [-0.2, -0.15) is 5.26 Å². The van der Waals surface area contributed by atoms with Crippen molar-refractivity contribution in [3.63, 3.8) is 0 Å². The van der Waals surface area contributed by atoms with Crippen molar-refractivity contribution in [3.8, 4) is 6.07 Å². The fourth-order valence-corrected chi connectivity index (χ4v) is 3.98. The molecular formula is C18H24ClN5O2. The third kappa shape index (κ3) is 3.50. The summed E-state index contributed by atoms with van der Waals surface area (Å²) in [6.45, 7) is 7.95. The number of imidazole rings is 1. The third-order valence-corrected chi connectivity index (χ3v) is 5.03. The summed E-state index contributed by atoms with van der Waals surface area (Å²) < 4.78 is 7.80. The fraction of sp³-hybridized carbons (Fsp3) is 0.611. The molecule has 0 amide bonds. The van der Waals surface area contributed by atoms with Crippen LogP contribution in [0.3, 0.4) is 0 Å². The molecule has 0 aromatic carbocycles. The smallest absolute Gasteiger partial charge is 0.164 e. The van der Waals surface area contributed by atoms with Crippen LogP contribution >= 0.6 is 11.6 Å². The molecule has 1 saturated carbocycles. The molecule has 7 nitrogen and oxygen atoms in total. The minimum atomic E-state index is -1.29. The van der Waals surface area contributed by atoms with Gasteiger partial charge in [-0.25, -0.2) is 9.97 Å². The van der Waals surface area contributed by atoms with E-state index in [2.05, 4.69) is 21.4 Å². The Kier molecular flexibility index (Phi) is 5.11. The molecule has 4 atom stereocenters. The molecule has 0 aliphatic heterocycles. The quantitative estimate of drug-likeness (QED) is 0.612. The number of halogens is 1. The fourth-order valence-electron chi connectivity index (χ4n) is 3.79. The van der Waals surface area contributed by atoms with Crippen LogP contribution in [0, 0.1) is 23.2 Å². The number of pyridine rings is 1. The van der Waals surface area contributed by atoms with Crippen molar-refractivity contribution in [1.82, 2.24) is 14.5 Å². The zero-order valence-corrected chi connectivity index (χ0v) is 16.2. The van der Waals surface area contributed by atoms with Crippen LogP contribution in [0.15, 0.2) is 12.4 Å². The van der Waals surface area contributed by atoms with Gasteiger partial charge < -0.3 is 19.7 Å². The number of nitriles is 1. The zero-order valence-electron chi connectivity index (χ0n) is 15.4. The summed E-state index contributed by atoms with van der Waals surface area (Å²) in [4.78, 5) is 8.98. The molecule has 1 fully saturated rings. The molecule has 1 aliphatic rings. The number of rotatable bonds is 5. The third-order valence-electron chi connectivity index (χ3n) is 4.83. The Morgan fingerprint density at radius 2 is 2.27 bits per heavy atom. The molecule has 0 bridgehead atoms. The van der Waals surface area contributed by atoms with Gasteiger partial charge in [-0.15, -0.1) is 0 Å². The first-order valence-electron chi connectivity index (χ1n) is 8.82. The van der Waals surface area contributed by atoms with Crippen molar-refractivity contribution in [2.24, 2.45) is 11.8 Å². The van der Waals surface area contributed by atoms with Gasteiger partial charge in [-0.05, 0) is 33.1 Å². The van der Waals surface area contributed by atoms with Gasteiger partial charge in [0.2, 0.25) is 0 Å². The molecule has 2 heterocycles. The number of aliphatic hydroxyl groups is 1. The molecule has 26 heavy (non-hydrogen) atoms. The summed E-state index contributed by atoms with van der Waals surface area (Å²) in [7, 11) is 0. The average molecular weight is 378 g/mol. The Morgan fingerprint density at radius 3 is 2.88 bits per heavy atom. The number of nitrogens with zero attached hydrogens (tertiary/aromatic N) is 4. The number of fused-ring (bicyclic) bond motifs is 1. The summed E-state index contributed by atoms with van der Waals surface area (Å²) in [6.07, 6.45) is 1.94. The lowest BCUT2D eigenvalue weighted by Crippen LogP contribution is -2.34. The monoisotopic (exact) mass is 377 g/mol. The number of hydrogen-bond acceptors (Lipinski definition) is 6. The van der Waals surface area contributed by atoms with Gasteiger partial charge in [0.1, 0.15) is 10.7 Å². The molecule has 0 radical (unpaired) electrons. The van der Waals surface area contributed by atoms with Crippen molar-refractivity contribution in [2.45, 2.75) is 52.0 Å². The Bertz CT molecular complexity index is 838. The van der Waals surface area contributed by atoms with E-state index in [4.69, 9.17) is 16.3 Å². The van der Waals surface area contributed by atoms with Crippen LogP contribution in [0.1, 0.15) is 40.2 Å². The van der Waals surface area contributed by atoms with E-state index in [1.807, 2.05) is 18.4 Å². The van der Waals surface area contributed by atoms with Crippen LogP contribution in [0.4, 0.5) is 5.69 Å². The van der Waals surface area contributed by atoms with E-state index < -0.39 is 5.79 Å². The largest absolute Gasteiger partial charge is 0.383 e. The summed E-state index contributed by atoms with van der Waals surface area (Å²) in [5, 5.41) is 23.3. The highest BCUT2D eigenvalue weighted by Crippen LogP contribution is 2.44. The van der Waals surface area contributed by atoms with Gasteiger partial charge in [0.25, 0.3) is 0 Å². The van der Waals surface area contributed by atoms with Crippen LogP contribution in [0.5, 0.6) is 0 Å². The highest BCUT2D eigenvalue weighted by molar-refractivity contribution is 6.30. The van der Waals surface area contributed by atoms with E-state index in [-0.39, 0.29) is 24.0 Å². The lowest BCUT2D eigenvalue weighted by molar-refractivity contribution is -0.211. The second-order valence-electron chi connectivity index (χ2n) is 7.27. The second-order valence-corrected chi connectivity index (χ2v) is 7.66. The van der Waals surface area contributed by atoms with E-state index in [1.54, 1.807) is 26.2 Å². The first-order chi connectivity index (χ1) is 12.2. The van der Waals surface area contributed by atoms with Crippen molar-refractivity contribution >= 4 is 28.5 Å². The van der Waals surface area contributed by atoms with Crippen LogP contribution in [0.25, 0.3) is 11.2 Å². The highest BCUT2D eigenvalue weighted by atomic mass is 35.5. The molecular weight excluding hydrogens is 354 g/mol. The molecule has 3 rings (SSSR count). The Morgan fingerprint density at radius 1 is 1.54 bits per heavy atom. The molecule has 140 valence electrons. The number of hydrogen-bond donors (Lipinski definition) is 2. The maximum atomic E-state index is 10.1. The zero-order chi connectivity index (χ0) is 19.1. The van der Waals surface area contributed by atoms with Gasteiger partial charge >= 0.3 is 0 Å². The number of nitrogens with one attached hydrogen (secondary N) is 1. The van der Waals surface area contributed by atoms with Crippen LogP contribution in [-0.2, 0) is 4.74 Å². The van der Waals surface area contributed by atoms with Crippen LogP contribution in [0.2, 0.25) is 5.15 Å². The van der Waals surface area contributed by atoms with Crippen molar-refractivity contribution in [2.75, 3.05) is 11.9 Å². The highest BCUT2D eigenvalue weighted by Gasteiger charge is 2.45. The van der Waals surface area contributed by atoms with Gasteiger partial charge in [0.15, 0.2) is 11.4 Å². The summed E-state index contributed by atoms with van der Waals surface area (Å²) in [5.74, 6) is -1.44. The molecule has 1 aliphatic carbocycles. The van der Waals surface area contributed by atoms with Gasteiger partial charge in [0.05, 0.1) is 36.1 Å². The molecule has 0 saturated heterocycles. The molecule has 2 N–H and O–H groups in total. The Hall–Kier alpha value is -1.88. The lowest BCUT2D eigenvalue weighted by Gasteiger charge is -2.30. The minimum absolute atomic E-state index is 0.0214. The molecule has 8 heteroatoms. The maximum Gasteiger partial charge on any atom is 0.164 e. The first kappa shape index (κ1) is 18.9. The number of ether oxygens (including phenoxy) is 1. The number of aromatic nitrogens is 3. The summed E-state index contributed by atoms with van der Waals surface area (Å²) >= 11 is 6.21. The van der Waals surface area contributed by atoms with E-state index in [0.717, 1.165) is 17.7 Å². The molecule has 2 unspecified atom stereocenters. The normalized spacial score (nSPS) is 26.2. The lowest BCUT2D eigenvalue weighted by atomic mass is 9.97. The van der Waals surface area contributed by atoms with Gasteiger partial charge in [0, 0.05) is 12.6 Å². The van der Waals surface area contributed by atoms with E-state index >= 15 is 0 Å². The van der Waals surface area contributed by atoms with Gasteiger partial charge in [-0.3, -0.25) is 0 Å². The van der Waals surface area contributed by atoms with E-state index in [0.29, 0.717) is 17.2 Å². The van der Waals surface area contributed by atoms with Crippen LogP contribution in [-0.4, -0.2) is 38.1 Å². The predicted molar refractivity (Wildman–Crippen MR) is 99.8 cm³/mol. The molecule has 2 aromatic heterocycles. The standard InChI is InChI=1S/C18H24ClN5O2/c1-5-21-12-7-14(19)23-17-15(12)22-9-24(17)16-10(2)11(8-20)6-13(16)26-18(3,4)25/h7,9-11,13,16,25H,5-6H2,1-4H3,(H,21,23)/t10-,11?,13+,16?/m0/s1. The second kappa shape index (κ2) is 7.03. The van der Waals surface area contributed by atoms with E-state index in [1.165, 1.54) is 0 Å². The summed E-state index contributed by atoms with van der Waals surface area (Å²) in [5.41, 5.74) is 2.20. The topological polar surface area (TPSA) is 96.0 Å². The Labute approximate surface area is 157 Å². The maximum absolute atomic E-state index is 10.1.